The predicted molar refractivity (Wildman–Crippen MR) is 155 cm³/mol. The first-order valence-electron chi connectivity index (χ1n) is 10.5. The third kappa shape index (κ3) is 5.03. The highest BCUT2D eigenvalue weighted by atomic mass is 127. The molecule has 1 heterocycles. The van der Waals surface area contributed by atoms with Crippen molar-refractivity contribution in [1.82, 2.24) is 0 Å². The second-order valence-electron chi connectivity index (χ2n) is 8.74. The zero-order valence-electron chi connectivity index (χ0n) is 18.0. The Bertz CT molecular complexity index is 1440. The van der Waals surface area contributed by atoms with Gasteiger partial charge in [0.15, 0.2) is 0 Å². The summed E-state index contributed by atoms with van der Waals surface area (Å²) < 4.78 is 51.8. The molecule has 0 aromatic heterocycles. The number of rotatable bonds is 5. The van der Waals surface area contributed by atoms with E-state index in [9.17, 15) is 27.4 Å². The van der Waals surface area contributed by atoms with Gasteiger partial charge in [-0.2, -0.15) is 8.42 Å². The summed E-state index contributed by atoms with van der Waals surface area (Å²) in [5.41, 5.74) is 0.258. The van der Waals surface area contributed by atoms with Crippen LogP contribution < -0.4 is 4.74 Å². The Morgan fingerprint density at radius 1 is 1.03 bits per heavy atom. The molecular weight excluding hydrogens is 934 g/mol. The van der Waals surface area contributed by atoms with E-state index in [1.54, 1.807) is 57.3 Å². The topological polar surface area (TPSA) is 133 Å². The van der Waals surface area contributed by atoms with Crippen LogP contribution in [0.1, 0.15) is 16.8 Å². The number of carbonyl (C=O) groups excluding carboxylic acids is 3. The Kier molecular flexibility index (Phi) is 7.81. The Morgan fingerprint density at radius 2 is 1.62 bits per heavy atom. The highest BCUT2D eigenvalue weighted by molar-refractivity contribution is 14.1. The van der Waals surface area contributed by atoms with E-state index in [2.05, 4.69) is 47.8 Å². The second kappa shape index (κ2) is 10.2. The summed E-state index contributed by atoms with van der Waals surface area (Å²) in [4.78, 5) is 38.8. The van der Waals surface area contributed by atoms with Crippen LogP contribution in [0.15, 0.2) is 42.6 Å². The lowest BCUT2D eigenvalue weighted by Crippen LogP contribution is -2.44. The maximum atomic E-state index is 13.3. The van der Waals surface area contributed by atoms with E-state index in [1.807, 2.05) is 0 Å². The van der Waals surface area contributed by atoms with Crippen molar-refractivity contribution in [2.45, 2.75) is 23.5 Å². The number of benzene rings is 2. The zero-order valence-corrected chi connectivity index (χ0v) is 27.9. The van der Waals surface area contributed by atoms with Crippen LogP contribution in [0.5, 0.6) is 5.75 Å². The highest BCUT2D eigenvalue weighted by Crippen LogP contribution is 2.59. The van der Waals surface area contributed by atoms with Gasteiger partial charge in [-0.25, -0.2) is 4.79 Å². The van der Waals surface area contributed by atoms with Crippen molar-refractivity contribution in [3.63, 3.8) is 0 Å². The van der Waals surface area contributed by atoms with Crippen molar-refractivity contribution in [2.24, 2.45) is 23.7 Å². The van der Waals surface area contributed by atoms with Crippen molar-refractivity contribution >= 4 is 121 Å². The summed E-state index contributed by atoms with van der Waals surface area (Å²) in [7, 11) is -4.47. The molecule has 196 valence electrons. The predicted octanol–water partition coefficient (Wildman–Crippen LogP) is 5.37. The second-order valence-corrected chi connectivity index (χ2v) is 15.1. The maximum Gasteiger partial charge on any atom is 0.340 e. The van der Waals surface area contributed by atoms with Crippen molar-refractivity contribution in [3.8, 4) is 5.75 Å². The fourth-order valence-corrected chi connectivity index (χ4v) is 12.0. The molecule has 0 radical (unpaired) electrons. The summed E-state index contributed by atoms with van der Waals surface area (Å²) in [5, 5.41) is 0. The molecule has 0 amide bonds. The minimum Gasteiger partial charge on any atom is -0.458 e. The molecule has 2 aromatic rings. The molecule has 6 unspecified atom stereocenters. The molecule has 1 saturated heterocycles. The molecular formula is C22H13Br3I2O9S. The van der Waals surface area contributed by atoms with Crippen LogP contribution in [0, 0.1) is 30.8 Å². The van der Waals surface area contributed by atoms with E-state index in [-0.39, 0.29) is 29.3 Å². The van der Waals surface area contributed by atoms with Crippen molar-refractivity contribution < 1.29 is 41.6 Å². The molecule has 2 saturated carbocycles. The Balaban J connectivity index is 1.40. The minimum absolute atomic E-state index is 0.0631. The van der Waals surface area contributed by atoms with Crippen LogP contribution in [0.3, 0.4) is 0 Å². The number of carbonyl (C=O) groups is 3. The summed E-state index contributed by atoms with van der Waals surface area (Å²) >= 11 is 13.5. The van der Waals surface area contributed by atoms with E-state index in [0.29, 0.717) is 15.4 Å². The third-order valence-electron chi connectivity index (χ3n) is 6.72. The van der Waals surface area contributed by atoms with Gasteiger partial charge in [-0.3, -0.25) is 14.1 Å². The Morgan fingerprint density at radius 3 is 2.19 bits per heavy atom. The fraction of sp³-hybridized carbons (Fsp3) is 0.318. The van der Waals surface area contributed by atoms with Crippen molar-refractivity contribution in [1.29, 1.82) is 0 Å². The average Bonchev–Trinajstić information content (AvgIpc) is 3.35. The molecule has 3 fully saturated rings. The smallest absolute Gasteiger partial charge is 0.340 e. The lowest BCUT2D eigenvalue weighted by molar-refractivity contribution is -0.149. The van der Waals surface area contributed by atoms with Crippen LogP contribution in [0.2, 0.25) is 0 Å². The molecule has 6 atom stereocenters. The highest BCUT2D eigenvalue weighted by Gasteiger charge is 2.70. The molecule has 1 N–H and O–H groups in total. The van der Waals surface area contributed by atoms with Gasteiger partial charge in [-0.1, -0.05) is 15.9 Å². The average molecular weight is 947 g/mol. The number of hydrogen-bond acceptors (Lipinski definition) is 8. The summed E-state index contributed by atoms with van der Waals surface area (Å²) in [6.07, 6.45) is -1.01. The third-order valence-corrected chi connectivity index (χ3v) is 11.8. The summed E-state index contributed by atoms with van der Waals surface area (Å²) in [6, 6.07) is 6.02. The van der Waals surface area contributed by atoms with E-state index in [1.165, 1.54) is 12.1 Å². The quantitative estimate of drug-likeness (QED) is 0.182. The number of ether oxygens (including phenoxy) is 3. The van der Waals surface area contributed by atoms with Crippen LogP contribution in [-0.4, -0.2) is 43.1 Å². The van der Waals surface area contributed by atoms with Crippen LogP contribution in [-0.2, 0) is 29.2 Å². The lowest BCUT2D eigenvalue weighted by Gasteiger charge is -2.30. The van der Waals surface area contributed by atoms with Crippen LogP contribution in [0.4, 0.5) is 0 Å². The van der Waals surface area contributed by atoms with Gasteiger partial charge in [0, 0.05) is 32.4 Å². The van der Waals surface area contributed by atoms with Crippen molar-refractivity contribution in [2.75, 3.05) is 0 Å². The van der Waals surface area contributed by atoms with E-state index in [4.69, 9.17) is 14.2 Å². The van der Waals surface area contributed by atoms with Gasteiger partial charge in [0.2, 0.25) is 0 Å². The molecule has 15 heteroatoms. The summed E-state index contributed by atoms with van der Waals surface area (Å²) in [6.45, 7) is 0. The van der Waals surface area contributed by atoms with Crippen molar-refractivity contribution in [3.05, 3.63) is 50.4 Å². The molecule has 2 aliphatic carbocycles. The minimum atomic E-state index is -4.47. The normalized spacial score (nSPS) is 27.8. The molecule has 9 nitrogen and oxygen atoms in total. The maximum absolute atomic E-state index is 13.3. The number of fused-ring (bicyclic) bond motifs is 1. The van der Waals surface area contributed by atoms with E-state index in [0.717, 1.165) is 4.47 Å². The largest absolute Gasteiger partial charge is 0.458 e. The Labute approximate surface area is 263 Å². The van der Waals surface area contributed by atoms with Gasteiger partial charge in [0.1, 0.15) is 22.9 Å². The fourth-order valence-electron chi connectivity index (χ4n) is 5.41. The number of esters is 3. The first-order chi connectivity index (χ1) is 17.3. The Hall–Kier alpha value is -0.340. The summed E-state index contributed by atoms with van der Waals surface area (Å²) in [5.74, 6) is -4.20. The SMILES string of the molecule is O=C(OC1C2CC3C1OC(=O)C3C2C(=O)Oc1cc(I)c(S(=O)(=O)O)c(I)c1)c1c(Br)cc(Br)cc1Br. The molecule has 0 spiro atoms. The molecule has 5 rings (SSSR count). The molecule has 2 aromatic carbocycles. The van der Waals surface area contributed by atoms with Gasteiger partial charge in [-0.15, -0.1) is 0 Å². The van der Waals surface area contributed by atoms with Gasteiger partial charge < -0.3 is 14.2 Å². The molecule has 1 aliphatic heterocycles. The molecule has 37 heavy (non-hydrogen) atoms. The van der Waals surface area contributed by atoms with Gasteiger partial charge in [-0.05, 0) is 108 Å². The monoisotopic (exact) mass is 944 g/mol. The van der Waals surface area contributed by atoms with Gasteiger partial charge in [0.05, 0.1) is 17.4 Å². The van der Waals surface area contributed by atoms with Gasteiger partial charge >= 0.3 is 17.9 Å². The standard InChI is InChI=1S/C22H13Br3I2O9S/c23-6-1-10(24)16(11(25)2-6)22(30)36-18-8-5-9-15(21(29)35-17(9)18)14(8)20(28)34-7-3-12(26)19(13(27)4-7)37(31,32)33/h1-4,8-9,14-15,17-18H,5H2,(H,31,32,33). The van der Waals surface area contributed by atoms with Crippen LogP contribution >= 0.6 is 93.0 Å². The zero-order chi connectivity index (χ0) is 27.0. The molecule has 3 aliphatic rings. The van der Waals surface area contributed by atoms with E-state index < -0.39 is 58.0 Å². The molecule has 2 bridgehead atoms. The van der Waals surface area contributed by atoms with Crippen LogP contribution in [0.25, 0.3) is 0 Å². The number of hydrogen-bond donors (Lipinski definition) is 1. The lowest BCUT2D eigenvalue weighted by atomic mass is 9.78. The first-order valence-corrected chi connectivity index (χ1v) is 16.5. The number of halogens is 5. The van der Waals surface area contributed by atoms with Gasteiger partial charge in [0.25, 0.3) is 10.1 Å². The van der Waals surface area contributed by atoms with E-state index >= 15 is 0 Å². The first kappa shape index (κ1) is 28.2.